The molecule has 0 unspecified atom stereocenters. The SMILES string of the molecule is C=C(C)[C@H](CC[C@](C)(O[C@@H]1O[C@H](CO[C@@H]2OC[C@H](O)[C@H](O)[C@H]2O)[C@@H](O)[C@H](O)[C@H]1O)[C@H]1CC[C@]2(C)[C@@H]1[C@H](O)C[C@@H]1[C@@]3(C)CC[C@H](O[C@@H]4O[C@H](CO)[C@@H](O)[C@H](O)[C@H]4O[C@@H]4O[C@H](CO)[C@@H](O)[C@H](O)[C@H]4O)C(C)(C)[C@@H]3CC[C@]12C)OO. The number of hydrogen-bond donors (Lipinski definition) is 15. The van der Waals surface area contributed by atoms with Gasteiger partial charge in [0, 0.05) is 0 Å². The van der Waals surface area contributed by atoms with Crippen LogP contribution in [0.3, 0.4) is 0 Å². The number of hydrogen-bond acceptors (Lipinski definition) is 24. The first kappa shape index (κ1) is 61.8. The Morgan fingerprint density at radius 1 is 0.623 bits per heavy atom. The highest BCUT2D eigenvalue weighted by molar-refractivity contribution is 5.20. The average molecular weight is 1110 g/mol. The van der Waals surface area contributed by atoms with Gasteiger partial charge in [0.25, 0.3) is 0 Å². The molecule has 4 heterocycles. The number of aliphatic hydroxyl groups excluding tert-OH is 14. The lowest BCUT2D eigenvalue weighted by molar-refractivity contribution is -0.378. The monoisotopic (exact) mass is 1110 g/mol. The van der Waals surface area contributed by atoms with Crippen molar-refractivity contribution < 1.29 is 120 Å². The second kappa shape index (κ2) is 23.4. The molecule has 0 amide bonds. The van der Waals surface area contributed by atoms with E-state index >= 15 is 0 Å². The lowest BCUT2D eigenvalue weighted by Gasteiger charge is -2.71. The molecule has 8 rings (SSSR count). The predicted octanol–water partition coefficient (Wildman–Crippen LogP) is -2.10. The van der Waals surface area contributed by atoms with Gasteiger partial charge in [-0.2, -0.15) is 0 Å². The van der Waals surface area contributed by atoms with Gasteiger partial charge in [0.2, 0.25) is 0 Å². The first-order valence-electron chi connectivity index (χ1n) is 27.6. The van der Waals surface area contributed by atoms with E-state index in [1.165, 1.54) is 0 Å². The summed E-state index contributed by atoms with van der Waals surface area (Å²) in [5.41, 5.74) is -2.50. The molecule has 8 aliphatic rings. The zero-order valence-corrected chi connectivity index (χ0v) is 45.3. The quantitative estimate of drug-likeness (QED) is 0.0321. The molecule has 4 saturated carbocycles. The fraction of sp³-hybridized carbons (Fsp3) is 0.962. The Balaban J connectivity index is 1.02. The van der Waals surface area contributed by atoms with Gasteiger partial charge in [-0.05, 0) is 123 Å². The molecule has 4 aliphatic carbocycles. The van der Waals surface area contributed by atoms with Gasteiger partial charge in [-0.3, -0.25) is 5.26 Å². The third-order valence-electron chi connectivity index (χ3n) is 20.9. The smallest absolute Gasteiger partial charge is 0.187 e. The Morgan fingerprint density at radius 3 is 1.82 bits per heavy atom. The molecule has 0 spiro atoms. The summed E-state index contributed by atoms with van der Waals surface area (Å²) in [5, 5.41) is 161. The average Bonchev–Trinajstić information content (AvgIpc) is 4.03. The van der Waals surface area contributed by atoms with Crippen molar-refractivity contribution in [1.82, 2.24) is 0 Å². The van der Waals surface area contributed by atoms with Gasteiger partial charge in [-0.1, -0.05) is 41.2 Å². The molecule has 24 heteroatoms. The van der Waals surface area contributed by atoms with E-state index in [2.05, 4.69) is 41.2 Å². The summed E-state index contributed by atoms with van der Waals surface area (Å²) in [4.78, 5) is 4.85. The van der Waals surface area contributed by atoms with Gasteiger partial charge >= 0.3 is 0 Å². The maximum Gasteiger partial charge on any atom is 0.187 e. The Hall–Kier alpha value is -1.22. The van der Waals surface area contributed by atoms with Crippen molar-refractivity contribution in [2.24, 2.45) is 45.3 Å². The van der Waals surface area contributed by atoms with Gasteiger partial charge in [0.15, 0.2) is 25.2 Å². The molecule has 0 aromatic carbocycles. The van der Waals surface area contributed by atoms with Crippen molar-refractivity contribution in [3.8, 4) is 0 Å². The van der Waals surface area contributed by atoms with E-state index in [9.17, 15) is 76.7 Å². The first-order chi connectivity index (χ1) is 36.0. The fourth-order valence-corrected chi connectivity index (χ4v) is 16.1. The van der Waals surface area contributed by atoms with Gasteiger partial charge in [-0.25, -0.2) is 4.89 Å². The van der Waals surface area contributed by atoms with Crippen LogP contribution in [0.15, 0.2) is 12.2 Å². The molecule has 24 nitrogen and oxygen atoms in total. The summed E-state index contributed by atoms with van der Waals surface area (Å²) in [6.07, 6.45) is -27.5. The fourth-order valence-electron chi connectivity index (χ4n) is 16.1. The molecule has 4 saturated heterocycles. The molecule has 15 N–H and O–H groups in total. The van der Waals surface area contributed by atoms with E-state index in [0.29, 0.717) is 37.7 Å². The van der Waals surface area contributed by atoms with Crippen LogP contribution in [-0.2, 0) is 42.8 Å². The molecule has 0 aromatic rings. The van der Waals surface area contributed by atoms with Crippen molar-refractivity contribution in [2.45, 2.75) is 247 Å². The van der Waals surface area contributed by atoms with Gasteiger partial charge in [0.1, 0.15) is 97.7 Å². The predicted molar refractivity (Wildman–Crippen MR) is 263 cm³/mol. The largest absolute Gasteiger partial charge is 0.394 e. The zero-order valence-electron chi connectivity index (χ0n) is 45.3. The summed E-state index contributed by atoms with van der Waals surface area (Å²) >= 11 is 0. The lowest BCUT2D eigenvalue weighted by atomic mass is 9.35. The third kappa shape index (κ3) is 10.9. The van der Waals surface area contributed by atoms with Crippen LogP contribution in [0.5, 0.6) is 0 Å². The number of rotatable bonds is 17. The van der Waals surface area contributed by atoms with Crippen LogP contribution < -0.4 is 0 Å². The molecule has 30 atom stereocenters. The molecule has 0 radical (unpaired) electrons. The molecule has 446 valence electrons. The van der Waals surface area contributed by atoms with Crippen molar-refractivity contribution in [3.05, 3.63) is 12.2 Å². The van der Waals surface area contributed by atoms with E-state index < -0.39 is 177 Å². The summed E-state index contributed by atoms with van der Waals surface area (Å²) in [6.45, 7) is 16.4. The zero-order chi connectivity index (χ0) is 56.6. The maximum absolute atomic E-state index is 12.9. The highest BCUT2D eigenvalue weighted by atomic mass is 17.1. The van der Waals surface area contributed by atoms with Gasteiger partial charge < -0.3 is 109 Å². The Kier molecular flexibility index (Phi) is 18.8. The van der Waals surface area contributed by atoms with Crippen LogP contribution in [0.25, 0.3) is 0 Å². The van der Waals surface area contributed by atoms with Crippen molar-refractivity contribution >= 4 is 0 Å². The summed E-state index contributed by atoms with van der Waals surface area (Å²) < 4.78 is 48.6. The van der Waals surface area contributed by atoms with Crippen LogP contribution in [0.2, 0.25) is 0 Å². The van der Waals surface area contributed by atoms with Crippen molar-refractivity contribution in [3.63, 3.8) is 0 Å². The number of fused-ring (bicyclic) bond motifs is 5. The van der Waals surface area contributed by atoms with Crippen molar-refractivity contribution in [1.29, 1.82) is 0 Å². The molecule has 8 fully saturated rings. The van der Waals surface area contributed by atoms with Crippen LogP contribution in [0.1, 0.15) is 106 Å². The topological polar surface area (TPSA) is 387 Å². The number of ether oxygens (including phenoxy) is 8. The molecule has 4 aliphatic heterocycles. The van der Waals surface area contributed by atoms with E-state index in [0.717, 1.165) is 12.8 Å². The minimum Gasteiger partial charge on any atom is -0.394 e. The molecule has 77 heavy (non-hydrogen) atoms. The van der Waals surface area contributed by atoms with Gasteiger partial charge in [-0.15, -0.1) is 0 Å². The van der Waals surface area contributed by atoms with E-state index in [-0.39, 0.29) is 48.0 Å². The van der Waals surface area contributed by atoms with Crippen LogP contribution in [-0.4, -0.2) is 244 Å². The Bertz CT molecular complexity index is 1990. The minimum absolute atomic E-state index is 0.00685. The van der Waals surface area contributed by atoms with Crippen LogP contribution >= 0.6 is 0 Å². The highest BCUT2D eigenvalue weighted by Gasteiger charge is 2.72. The standard InChI is InChI=1S/C53H90O24/c1-22(2)26(77-68)10-16-53(8,76-47-43(67)39(63)37(61)29(73-47)21-70-45-41(65)34(58)25(57)20-69-45)23-9-14-52(7)33(23)24(56)17-31-50(5)13-12-32(49(3,4)30(50)11-15-51(31,52)6)74-48-44(40(64)36(60)28(19-55)72-48)75-46-42(66)38(62)35(59)27(18-54)71-46/h23-48,54-68H,1,9-21H2,2-8H3/t23-,24+,25-,26-,27+,28+,29+,30-,31+,32-,33-,34-,35+,36+,37+,38-,39-,40-,41+,42+,43+,44+,45-,46-,47-,48-,50-,51+,52+,53-/m0/s1. The Morgan fingerprint density at radius 2 is 1.19 bits per heavy atom. The first-order valence-corrected chi connectivity index (χ1v) is 27.6. The highest BCUT2D eigenvalue weighted by Crippen LogP contribution is 2.76. The minimum atomic E-state index is -1.83. The van der Waals surface area contributed by atoms with E-state index in [4.69, 9.17) is 42.8 Å². The molecule has 0 aromatic heterocycles. The van der Waals surface area contributed by atoms with Crippen LogP contribution in [0.4, 0.5) is 0 Å². The normalized spacial score (nSPS) is 52.2. The van der Waals surface area contributed by atoms with E-state index in [1.54, 1.807) is 6.92 Å². The van der Waals surface area contributed by atoms with Gasteiger partial charge in [0.05, 0.1) is 44.2 Å². The second-order valence-electron chi connectivity index (χ2n) is 25.5. The molecular formula is C53H90O24. The third-order valence-corrected chi connectivity index (χ3v) is 20.9. The number of aliphatic hydroxyl groups is 14. The van der Waals surface area contributed by atoms with E-state index in [1.807, 2.05) is 6.92 Å². The summed E-state index contributed by atoms with van der Waals surface area (Å²) in [6, 6.07) is 0. The second-order valence-corrected chi connectivity index (χ2v) is 25.5. The lowest BCUT2D eigenvalue weighted by Crippen LogP contribution is -2.68. The molecule has 0 bridgehead atoms. The van der Waals surface area contributed by atoms with Crippen LogP contribution in [0, 0.1) is 45.3 Å². The van der Waals surface area contributed by atoms with Crippen molar-refractivity contribution in [2.75, 3.05) is 26.4 Å². The Labute approximate surface area is 449 Å². The molecular weight excluding hydrogens is 1020 g/mol. The summed E-state index contributed by atoms with van der Waals surface area (Å²) in [5.74, 6) is -0.762. The summed E-state index contributed by atoms with van der Waals surface area (Å²) in [7, 11) is 0. The maximum atomic E-state index is 12.9.